The van der Waals surface area contributed by atoms with Gasteiger partial charge in [-0.25, -0.2) is 4.98 Å². The number of aromatic amines is 1. The first-order valence-corrected chi connectivity index (χ1v) is 5.07. The van der Waals surface area contributed by atoms with Crippen molar-refractivity contribution in [2.24, 2.45) is 5.92 Å². The molecule has 78 valence electrons. The third-order valence-corrected chi connectivity index (χ3v) is 2.78. The van der Waals surface area contributed by atoms with E-state index in [1.165, 1.54) is 11.4 Å². The quantitative estimate of drug-likeness (QED) is 0.752. The molecule has 0 saturated carbocycles. The van der Waals surface area contributed by atoms with Crippen LogP contribution in [0, 0.1) is 5.92 Å². The Labute approximate surface area is 84.1 Å². The van der Waals surface area contributed by atoms with Gasteiger partial charge in [0.05, 0.1) is 24.7 Å². The number of nitrogens with one attached hydrogen (secondary N) is 2. The van der Waals surface area contributed by atoms with E-state index in [2.05, 4.69) is 22.2 Å². The Bertz CT molecular complexity index is 297. The number of hydrogen-bond acceptors (Lipinski definition) is 3. The summed E-state index contributed by atoms with van der Waals surface area (Å²) in [6.45, 7) is 3.98. The maximum atomic E-state index is 5.17. The number of fused-ring (bicyclic) bond motifs is 1. The molecule has 2 rings (SSSR count). The molecule has 2 N–H and O–H groups in total. The number of rotatable bonds is 3. The molecule has 2 heterocycles. The van der Waals surface area contributed by atoms with Crippen molar-refractivity contribution in [2.45, 2.75) is 19.4 Å². The summed E-state index contributed by atoms with van der Waals surface area (Å²) in [5.74, 6) is 0.461. The number of nitrogens with zero attached hydrogens (tertiary/aromatic N) is 1. The molecular weight excluding hydrogens is 178 g/mol. The average Bonchev–Trinajstić information content (AvgIpc) is 2.65. The van der Waals surface area contributed by atoms with Crippen LogP contribution in [-0.4, -0.2) is 30.2 Å². The molecule has 0 aromatic carbocycles. The maximum Gasteiger partial charge on any atom is 0.0925 e. The van der Waals surface area contributed by atoms with Gasteiger partial charge in [0.1, 0.15) is 0 Å². The van der Waals surface area contributed by atoms with Gasteiger partial charge in [0, 0.05) is 31.7 Å². The zero-order chi connectivity index (χ0) is 9.97. The fraction of sp³-hybridized carbons (Fsp3) is 0.700. The molecule has 0 aliphatic carbocycles. The van der Waals surface area contributed by atoms with Crippen LogP contribution in [0.25, 0.3) is 0 Å². The van der Waals surface area contributed by atoms with Gasteiger partial charge in [-0.3, -0.25) is 0 Å². The Morgan fingerprint density at radius 2 is 2.57 bits per heavy atom. The lowest BCUT2D eigenvalue weighted by atomic mass is 9.95. The minimum atomic E-state index is 0.338. The maximum absolute atomic E-state index is 5.17. The molecule has 1 aliphatic rings. The molecule has 0 amide bonds. The Kier molecular flexibility index (Phi) is 2.84. The van der Waals surface area contributed by atoms with E-state index in [0.29, 0.717) is 12.0 Å². The van der Waals surface area contributed by atoms with Gasteiger partial charge in [-0.2, -0.15) is 0 Å². The smallest absolute Gasteiger partial charge is 0.0925 e. The van der Waals surface area contributed by atoms with E-state index in [1.54, 1.807) is 13.4 Å². The Morgan fingerprint density at radius 3 is 3.36 bits per heavy atom. The highest BCUT2D eigenvalue weighted by atomic mass is 16.5. The van der Waals surface area contributed by atoms with Gasteiger partial charge in [0.2, 0.25) is 0 Å². The standard InChI is InChI=1S/C10H17N3O/c1-7(5-14-2)9-10-8(3-4-11-9)12-6-13-10/h6-7,9,11H,3-5H2,1-2H3,(H,12,13). The molecule has 1 aliphatic heterocycles. The third kappa shape index (κ3) is 1.67. The molecule has 0 spiro atoms. The van der Waals surface area contributed by atoms with Crippen LogP contribution in [0.4, 0.5) is 0 Å². The van der Waals surface area contributed by atoms with E-state index in [4.69, 9.17) is 4.74 Å². The van der Waals surface area contributed by atoms with Crippen molar-refractivity contribution in [3.05, 3.63) is 17.7 Å². The summed E-state index contributed by atoms with van der Waals surface area (Å²) in [4.78, 5) is 7.56. The Morgan fingerprint density at radius 1 is 1.71 bits per heavy atom. The molecule has 1 aromatic rings. The largest absolute Gasteiger partial charge is 0.384 e. The van der Waals surface area contributed by atoms with Gasteiger partial charge in [-0.1, -0.05) is 6.92 Å². The number of aromatic nitrogens is 2. The number of methoxy groups -OCH3 is 1. The van der Waals surface area contributed by atoms with Crippen molar-refractivity contribution < 1.29 is 4.74 Å². The van der Waals surface area contributed by atoms with Crippen molar-refractivity contribution in [3.63, 3.8) is 0 Å². The molecule has 4 nitrogen and oxygen atoms in total. The fourth-order valence-corrected chi connectivity index (χ4v) is 2.08. The molecule has 4 heteroatoms. The summed E-state index contributed by atoms with van der Waals surface area (Å²) in [5.41, 5.74) is 2.44. The van der Waals surface area contributed by atoms with E-state index >= 15 is 0 Å². The number of imidazole rings is 1. The van der Waals surface area contributed by atoms with Crippen LogP contribution >= 0.6 is 0 Å². The number of H-pyrrole nitrogens is 1. The second-order valence-corrected chi connectivity index (χ2v) is 3.88. The Balaban J connectivity index is 2.15. The van der Waals surface area contributed by atoms with E-state index < -0.39 is 0 Å². The normalized spacial score (nSPS) is 23.1. The first-order valence-electron chi connectivity index (χ1n) is 5.07. The van der Waals surface area contributed by atoms with Crippen LogP contribution in [0.3, 0.4) is 0 Å². The molecule has 0 fully saturated rings. The molecule has 0 bridgehead atoms. The number of ether oxygens (including phenoxy) is 1. The second-order valence-electron chi connectivity index (χ2n) is 3.88. The van der Waals surface area contributed by atoms with E-state index in [1.807, 2.05) is 0 Å². The van der Waals surface area contributed by atoms with Crippen LogP contribution < -0.4 is 5.32 Å². The highest BCUT2D eigenvalue weighted by Gasteiger charge is 2.26. The predicted molar refractivity (Wildman–Crippen MR) is 54.1 cm³/mol. The summed E-state index contributed by atoms with van der Waals surface area (Å²) in [6, 6.07) is 0.338. The lowest BCUT2D eigenvalue weighted by Gasteiger charge is -2.27. The molecule has 0 radical (unpaired) electrons. The van der Waals surface area contributed by atoms with Gasteiger partial charge in [0.15, 0.2) is 0 Å². The first kappa shape index (κ1) is 9.68. The van der Waals surface area contributed by atoms with Crippen molar-refractivity contribution in [2.75, 3.05) is 20.3 Å². The fourth-order valence-electron chi connectivity index (χ4n) is 2.08. The van der Waals surface area contributed by atoms with Gasteiger partial charge in [-0.15, -0.1) is 0 Å². The van der Waals surface area contributed by atoms with Crippen molar-refractivity contribution in [1.29, 1.82) is 0 Å². The highest BCUT2D eigenvalue weighted by Crippen LogP contribution is 2.25. The average molecular weight is 195 g/mol. The summed E-state index contributed by atoms with van der Waals surface area (Å²) in [6.07, 6.45) is 2.83. The summed E-state index contributed by atoms with van der Waals surface area (Å²) < 4.78 is 5.17. The topological polar surface area (TPSA) is 49.9 Å². The first-order chi connectivity index (χ1) is 6.83. The minimum Gasteiger partial charge on any atom is -0.384 e. The lowest BCUT2D eigenvalue weighted by Crippen LogP contribution is -2.35. The zero-order valence-electron chi connectivity index (χ0n) is 8.71. The van der Waals surface area contributed by atoms with E-state index in [0.717, 1.165) is 19.6 Å². The lowest BCUT2D eigenvalue weighted by molar-refractivity contribution is 0.136. The summed E-state index contributed by atoms with van der Waals surface area (Å²) in [5, 5.41) is 3.48. The summed E-state index contributed by atoms with van der Waals surface area (Å²) >= 11 is 0. The SMILES string of the molecule is COCC(C)C1NCCc2[nH]cnc21. The molecule has 2 unspecified atom stereocenters. The Hall–Kier alpha value is -0.870. The van der Waals surface area contributed by atoms with Gasteiger partial charge in [-0.05, 0) is 0 Å². The van der Waals surface area contributed by atoms with Crippen molar-refractivity contribution in [1.82, 2.24) is 15.3 Å². The predicted octanol–water partition coefficient (Wildman–Crippen LogP) is 0.879. The van der Waals surface area contributed by atoms with Crippen LogP contribution in [0.5, 0.6) is 0 Å². The summed E-state index contributed by atoms with van der Waals surface area (Å²) in [7, 11) is 1.74. The van der Waals surface area contributed by atoms with Crippen molar-refractivity contribution in [3.8, 4) is 0 Å². The monoisotopic (exact) mass is 195 g/mol. The highest BCUT2D eigenvalue weighted by molar-refractivity contribution is 5.19. The molecule has 1 aromatic heterocycles. The zero-order valence-corrected chi connectivity index (χ0v) is 8.71. The second kappa shape index (κ2) is 4.11. The van der Waals surface area contributed by atoms with Gasteiger partial charge >= 0.3 is 0 Å². The van der Waals surface area contributed by atoms with Crippen LogP contribution in [0.15, 0.2) is 6.33 Å². The van der Waals surface area contributed by atoms with Gasteiger partial charge < -0.3 is 15.0 Å². The van der Waals surface area contributed by atoms with E-state index in [9.17, 15) is 0 Å². The third-order valence-electron chi connectivity index (χ3n) is 2.78. The van der Waals surface area contributed by atoms with Gasteiger partial charge in [0.25, 0.3) is 0 Å². The van der Waals surface area contributed by atoms with Crippen LogP contribution in [0.1, 0.15) is 24.4 Å². The minimum absolute atomic E-state index is 0.338. The van der Waals surface area contributed by atoms with Crippen LogP contribution in [-0.2, 0) is 11.2 Å². The molecule has 0 saturated heterocycles. The molecule has 14 heavy (non-hydrogen) atoms. The molecule has 2 atom stereocenters. The van der Waals surface area contributed by atoms with Crippen molar-refractivity contribution >= 4 is 0 Å². The number of hydrogen-bond donors (Lipinski definition) is 2. The van der Waals surface area contributed by atoms with Crippen LogP contribution in [0.2, 0.25) is 0 Å². The van der Waals surface area contributed by atoms with E-state index in [-0.39, 0.29) is 0 Å². The molecular formula is C10H17N3O.